The van der Waals surface area contributed by atoms with Gasteiger partial charge >= 0.3 is 0 Å². The van der Waals surface area contributed by atoms with Crippen molar-refractivity contribution in [1.82, 2.24) is 19.5 Å². The van der Waals surface area contributed by atoms with Crippen molar-refractivity contribution in [2.45, 2.75) is 19.4 Å². The maximum Gasteiger partial charge on any atom is 0.197 e. The average Bonchev–Trinajstić information content (AvgIpc) is 2.83. The summed E-state index contributed by atoms with van der Waals surface area (Å²) in [6.45, 7) is 2.14. The molecule has 0 spiro atoms. The van der Waals surface area contributed by atoms with Gasteiger partial charge in [0.05, 0.1) is 24.3 Å². The molecule has 2 aromatic heterocycles. The Kier molecular flexibility index (Phi) is 3.53. The van der Waals surface area contributed by atoms with E-state index in [0.717, 1.165) is 17.8 Å². The molecule has 1 unspecified atom stereocenters. The third-order valence-electron chi connectivity index (χ3n) is 4.03. The van der Waals surface area contributed by atoms with Gasteiger partial charge in [-0.15, -0.1) is 0 Å². The molecule has 114 valence electrons. The third-order valence-corrected chi connectivity index (χ3v) is 4.41. The molecule has 5 nitrogen and oxygen atoms in total. The minimum atomic E-state index is 0.116. The van der Waals surface area contributed by atoms with Crippen LogP contribution in [0.25, 0.3) is 11.3 Å². The highest BCUT2D eigenvalue weighted by Gasteiger charge is 2.15. The summed E-state index contributed by atoms with van der Waals surface area (Å²) in [6.07, 6.45) is 10.3. The summed E-state index contributed by atoms with van der Waals surface area (Å²) in [6, 6.07) is 6.52. The number of allylic oxidation sites excluding steroid dienone is 2. The first-order valence-electron chi connectivity index (χ1n) is 7.39. The van der Waals surface area contributed by atoms with Gasteiger partial charge in [-0.05, 0) is 52.5 Å². The molecular weight excluding hydrogens is 354 g/mol. The maximum atomic E-state index is 4.50. The van der Waals surface area contributed by atoms with Gasteiger partial charge in [-0.3, -0.25) is 4.99 Å². The first kappa shape index (κ1) is 14.3. The number of rotatable bonds is 2. The second-order valence-electron chi connectivity index (χ2n) is 5.47. The van der Waals surface area contributed by atoms with Crippen molar-refractivity contribution < 1.29 is 0 Å². The minimum Gasteiger partial charge on any atom is -0.307 e. The summed E-state index contributed by atoms with van der Waals surface area (Å²) in [4.78, 5) is 17.6. The second-order valence-corrected chi connectivity index (χ2v) is 6.28. The first-order valence-corrected chi connectivity index (χ1v) is 8.19. The van der Waals surface area contributed by atoms with Gasteiger partial charge in [0, 0.05) is 6.21 Å². The number of fused-ring (bicyclic) bond motifs is 2. The first-order chi connectivity index (χ1) is 11.2. The van der Waals surface area contributed by atoms with Crippen LogP contribution in [-0.2, 0) is 6.42 Å². The number of benzene rings is 1. The molecule has 1 aromatic carbocycles. The van der Waals surface area contributed by atoms with Crippen LogP contribution < -0.4 is 0 Å². The molecule has 0 fully saturated rings. The third kappa shape index (κ3) is 2.59. The SMILES string of the molecule is CC(c1ccc2c(c1)CC=CC=N2)n1cnc2ncc(Br)nc21. The van der Waals surface area contributed by atoms with E-state index in [0.29, 0.717) is 10.3 Å². The second kappa shape index (κ2) is 5.70. The van der Waals surface area contributed by atoms with Gasteiger partial charge in [0.15, 0.2) is 11.3 Å². The smallest absolute Gasteiger partial charge is 0.197 e. The Balaban J connectivity index is 1.78. The van der Waals surface area contributed by atoms with E-state index >= 15 is 0 Å². The van der Waals surface area contributed by atoms with Crippen molar-refractivity contribution in [3.8, 4) is 0 Å². The molecule has 6 heteroatoms. The number of halogens is 1. The number of hydrogen-bond acceptors (Lipinski definition) is 4. The summed E-state index contributed by atoms with van der Waals surface area (Å²) in [7, 11) is 0. The molecule has 0 saturated carbocycles. The van der Waals surface area contributed by atoms with Crippen LogP contribution in [0.3, 0.4) is 0 Å². The van der Waals surface area contributed by atoms with Crippen LogP contribution in [0.15, 0.2) is 52.5 Å². The van der Waals surface area contributed by atoms with E-state index in [9.17, 15) is 0 Å². The molecule has 0 saturated heterocycles. The van der Waals surface area contributed by atoms with E-state index in [1.54, 1.807) is 12.5 Å². The van der Waals surface area contributed by atoms with Gasteiger partial charge in [-0.2, -0.15) is 0 Å². The van der Waals surface area contributed by atoms with Crippen molar-refractivity contribution in [2.75, 3.05) is 0 Å². The molecule has 0 bridgehead atoms. The van der Waals surface area contributed by atoms with E-state index in [2.05, 4.69) is 67.1 Å². The van der Waals surface area contributed by atoms with Crippen molar-refractivity contribution in [3.63, 3.8) is 0 Å². The largest absolute Gasteiger partial charge is 0.307 e. The van der Waals surface area contributed by atoms with Gasteiger partial charge in [0.25, 0.3) is 0 Å². The van der Waals surface area contributed by atoms with E-state index < -0.39 is 0 Å². The van der Waals surface area contributed by atoms with Crippen LogP contribution in [0, 0.1) is 0 Å². The van der Waals surface area contributed by atoms with Gasteiger partial charge in [0.1, 0.15) is 4.60 Å². The molecule has 3 heterocycles. The summed E-state index contributed by atoms with van der Waals surface area (Å²) in [5.41, 5.74) is 4.90. The van der Waals surface area contributed by atoms with Crippen molar-refractivity contribution in [1.29, 1.82) is 0 Å². The molecule has 1 aliphatic rings. The fraction of sp³-hybridized carbons (Fsp3) is 0.176. The lowest BCUT2D eigenvalue weighted by atomic mass is 10.0. The molecule has 0 aliphatic carbocycles. The zero-order chi connectivity index (χ0) is 15.8. The molecule has 1 aliphatic heterocycles. The normalized spacial score (nSPS) is 14.7. The molecule has 4 rings (SSSR count). The van der Waals surface area contributed by atoms with Crippen LogP contribution in [-0.4, -0.2) is 25.7 Å². The zero-order valence-corrected chi connectivity index (χ0v) is 14.1. The van der Waals surface area contributed by atoms with Crippen LogP contribution in [0.4, 0.5) is 5.69 Å². The highest BCUT2D eigenvalue weighted by Crippen LogP contribution is 2.28. The maximum absolute atomic E-state index is 4.50. The topological polar surface area (TPSA) is 56.0 Å². The van der Waals surface area contributed by atoms with Gasteiger partial charge in [-0.25, -0.2) is 15.0 Å². The predicted octanol–water partition coefficient (Wildman–Crippen LogP) is 4.01. The Labute approximate surface area is 142 Å². The number of aromatic nitrogens is 4. The van der Waals surface area contributed by atoms with Crippen LogP contribution in [0.5, 0.6) is 0 Å². The Morgan fingerprint density at radius 3 is 3.09 bits per heavy atom. The summed E-state index contributed by atoms with van der Waals surface area (Å²) in [5.74, 6) is 0. The standard InChI is InChI=1S/C17H14BrN5/c1-11(23-10-21-16-17(23)22-15(18)9-20-16)12-5-6-14-13(8-12)4-2-3-7-19-14/h2-3,5-11H,4H2,1H3. The van der Waals surface area contributed by atoms with Crippen LogP contribution >= 0.6 is 15.9 Å². The molecule has 1 atom stereocenters. The summed E-state index contributed by atoms with van der Waals surface area (Å²) in [5, 5.41) is 0. The number of imidazole rings is 1. The highest BCUT2D eigenvalue weighted by molar-refractivity contribution is 9.10. The molecular formula is C17H14BrN5. The van der Waals surface area contributed by atoms with Crippen molar-refractivity contribution in [3.05, 3.63) is 58.6 Å². The van der Waals surface area contributed by atoms with Crippen LogP contribution in [0.1, 0.15) is 24.1 Å². The van der Waals surface area contributed by atoms with E-state index in [1.807, 2.05) is 16.9 Å². The molecule has 3 aromatic rings. The highest BCUT2D eigenvalue weighted by atomic mass is 79.9. The lowest BCUT2D eigenvalue weighted by molar-refractivity contribution is 0.651. The Bertz CT molecular complexity index is 941. The number of aliphatic imine (C=N–C) groups is 1. The fourth-order valence-electron chi connectivity index (χ4n) is 2.77. The lowest BCUT2D eigenvalue weighted by Gasteiger charge is -2.16. The Morgan fingerprint density at radius 2 is 2.17 bits per heavy atom. The number of nitrogens with zero attached hydrogens (tertiary/aromatic N) is 5. The zero-order valence-electron chi connectivity index (χ0n) is 12.5. The van der Waals surface area contributed by atoms with E-state index in [1.165, 1.54) is 11.1 Å². The number of hydrogen-bond donors (Lipinski definition) is 0. The summed E-state index contributed by atoms with van der Waals surface area (Å²) < 4.78 is 2.75. The molecule has 0 radical (unpaired) electrons. The fourth-order valence-corrected chi connectivity index (χ4v) is 3.04. The lowest BCUT2D eigenvalue weighted by Crippen LogP contribution is -2.07. The molecule has 0 amide bonds. The van der Waals surface area contributed by atoms with Gasteiger partial charge in [0.2, 0.25) is 0 Å². The van der Waals surface area contributed by atoms with Gasteiger partial charge < -0.3 is 4.57 Å². The Morgan fingerprint density at radius 1 is 1.26 bits per heavy atom. The molecule has 0 N–H and O–H groups in total. The minimum absolute atomic E-state index is 0.116. The van der Waals surface area contributed by atoms with E-state index in [4.69, 9.17) is 0 Å². The predicted molar refractivity (Wildman–Crippen MR) is 94.3 cm³/mol. The summed E-state index contributed by atoms with van der Waals surface area (Å²) >= 11 is 3.38. The van der Waals surface area contributed by atoms with Crippen molar-refractivity contribution >= 4 is 39.1 Å². The monoisotopic (exact) mass is 367 g/mol. The van der Waals surface area contributed by atoms with E-state index in [-0.39, 0.29) is 6.04 Å². The van der Waals surface area contributed by atoms with Crippen molar-refractivity contribution in [2.24, 2.45) is 4.99 Å². The Hall–Kier alpha value is -2.34. The average molecular weight is 368 g/mol. The quantitative estimate of drug-likeness (QED) is 0.687. The molecule has 23 heavy (non-hydrogen) atoms. The van der Waals surface area contributed by atoms with Gasteiger partial charge in [-0.1, -0.05) is 18.2 Å². The van der Waals surface area contributed by atoms with Crippen LogP contribution in [0.2, 0.25) is 0 Å².